The third kappa shape index (κ3) is 4.23. The number of allylic oxidation sites excluding steroid dienone is 5. The molecule has 3 rings (SSSR count). The van der Waals surface area contributed by atoms with Gasteiger partial charge in [-0.1, -0.05) is 66.1 Å². The first-order chi connectivity index (χ1) is 13.1. The number of hydrogen-bond donors (Lipinski definition) is 0. The van der Waals surface area contributed by atoms with Crippen molar-refractivity contribution in [2.24, 2.45) is 0 Å². The van der Waals surface area contributed by atoms with E-state index in [0.29, 0.717) is 15.8 Å². The van der Waals surface area contributed by atoms with Gasteiger partial charge in [-0.15, -0.1) is 0 Å². The summed E-state index contributed by atoms with van der Waals surface area (Å²) in [7, 11) is 0. The van der Waals surface area contributed by atoms with Gasteiger partial charge in [0.1, 0.15) is 4.32 Å². The number of thiocarbonyl (C=S) groups is 1. The zero-order valence-electron chi connectivity index (χ0n) is 15.6. The van der Waals surface area contributed by atoms with Crippen LogP contribution in [-0.4, -0.2) is 28.2 Å². The van der Waals surface area contributed by atoms with E-state index in [0.717, 1.165) is 11.6 Å². The van der Waals surface area contributed by atoms with Gasteiger partial charge < -0.3 is 4.90 Å². The number of benzene rings is 1. The number of thioether (sulfide) groups is 2. The topological polar surface area (TPSA) is 23.6 Å². The van der Waals surface area contributed by atoms with Crippen molar-refractivity contribution in [3.05, 3.63) is 64.1 Å². The molecule has 0 atom stereocenters. The maximum atomic E-state index is 12.4. The highest BCUT2D eigenvalue weighted by atomic mass is 32.2. The summed E-state index contributed by atoms with van der Waals surface area (Å²) in [5, 5.41) is 1.13. The van der Waals surface area contributed by atoms with Gasteiger partial charge in [0, 0.05) is 18.0 Å². The molecule has 0 saturated carbocycles. The van der Waals surface area contributed by atoms with Crippen molar-refractivity contribution < 1.29 is 4.79 Å². The normalized spacial score (nSPS) is 20.3. The molecule has 1 aromatic rings. The van der Waals surface area contributed by atoms with Crippen molar-refractivity contribution in [2.75, 3.05) is 18.0 Å². The molecule has 6 heteroatoms. The van der Waals surface area contributed by atoms with Crippen molar-refractivity contribution in [1.29, 1.82) is 0 Å². The van der Waals surface area contributed by atoms with Gasteiger partial charge in [-0.25, -0.2) is 0 Å². The van der Waals surface area contributed by atoms with Gasteiger partial charge in [0.2, 0.25) is 0 Å². The van der Waals surface area contributed by atoms with Crippen molar-refractivity contribution >= 4 is 57.7 Å². The third-order valence-electron chi connectivity index (χ3n) is 4.23. The largest absolute Gasteiger partial charge is 0.335 e. The maximum absolute atomic E-state index is 12.4. The van der Waals surface area contributed by atoms with E-state index in [1.807, 2.05) is 44.2 Å². The molecule has 1 aromatic carbocycles. The molecule has 0 radical (unpaired) electrons. The van der Waals surface area contributed by atoms with E-state index in [1.54, 1.807) is 16.7 Å². The molecular formula is C21H22N2OS3. The maximum Gasteiger partial charge on any atom is 0.266 e. The van der Waals surface area contributed by atoms with Gasteiger partial charge in [0.15, 0.2) is 0 Å². The van der Waals surface area contributed by atoms with Gasteiger partial charge in [-0.3, -0.25) is 9.69 Å². The van der Waals surface area contributed by atoms with E-state index in [4.69, 9.17) is 12.2 Å². The number of nitrogens with zero attached hydrogens (tertiary/aromatic N) is 2. The summed E-state index contributed by atoms with van der Waals surface area (Å²) >= 11 is 8.40. The molecule has 2 aliphatic heterocycles. The van der Waals surface area contributed by atoms with Crippen LogP contribution in [0.4, 0.5) is 5.69 Å². The quantitative estimate of drug-likeness (QED) is 0.344. The highest BCUT2D eigenvalue weighted by molar-refractivity contribution is 8.26. The third-order valence-corrected chi connectivity index (χ3v) is 6.74. The zero-order valence-corrected chi connectivity index (χ0v) is 18.1. The van der Waals surface area contributed by atoms with E-state index < -0.39 is 0 Å². The number of rotatable bonds is 5. The molecule has 1 saturated heterocycles. The summed E-state index contributed by atoms with van der Waals surface area (Å²) in [6.07, 6.45) is 12.1. The van der Waals surface area contributed by atoms with Crippen LogP contribution in [0.15, 0.2) is 63.4 Å². The predicted octanol–water partition coefficient (Wildman–Crippen LogP) is 5.81. The number of fused-ring (bicyclic) bond motifs is 1. The first kappa shape index (κ1) is 20.0. The minimum absolute atomic E-state index is 0.00399. The second-order valence-electron chi connectivity index (χ2n) is 5.91. The van der Waals surface area contributed by atoms with Gasteiger partial charge in [0.25, 0.3) is 5.91 Å². The van der Waals surface area contributed by atoms with Gasteiger partial charge in [0.05, 0.1) is 15.6 Å². The number of hydrogen-bond acceptors (Lipinski definition) is 5. The van der Waals surface area contributed by atoms with Crippen LogP contribution in [-0.2, 0) is 4.79 Å². The zero-order chi connectivity index (χ0) is 19.4. The summed E-state index contributed by atoms with van der Waals surface area (Å²) in [4.78, 5) is 18.2. The fraction of sp³-hybridized carbons (Fsp3) is 0.238. The lowest BCUT2D eigenvalue weighted by molar-refractivity contribution is -0.122. The molecule has 0 bridgehead atoms. The Labute approximate surface area is 174 Å². The number of carbonyl (C=O) groups is 1. The van der Waals surface area contributed by atoms with Crippen LogP contribution in [0.5, 0.6) is 0 Å². The summed E-state index contributed by atoms with van der Waals surface area (Å²) in [5.74, 6) is 0.00399. The number of carbonyl (C=O) groups excluding carboxylic acids is 1. The van der Waals surface area contributed by atoms with Crippen LogP contribution in [0.25, 0.3) is 6.08 Å². The lowest BCUT2D eigenvalue weighted by Gasteiger charge is -2.17. The molecule has 1 fully saturated rings. The molecule has 3 nitrogen and oxygen atoms in total. The van der Waals surface area contributed by atoms with Crippen LogP contribution in [0.3, 0.4) is 0 Å². The molecule has 0 aromatic heterocycles. The monoisotopic (exact) mass is 414 g/mol. The second kappa shape index (κ2) is 8.95. The summed E-state index contributed by atoms with van der Waals surface area (Å²) in [6, 6.07) is 6.51. The Kier molecular flexibility index (Phi) is 6.63. The Balaban J connectivity index is 1.85. The van der Waals surface area contributed by atoms with E-state index in [1.165, 1.54) is 27.9 Å². The van der Waals surface area contributed by atoms with Crippen LogP contribution < -0.4 is 4.90 Å². The molecule has 0 N–H and O–H groups in total. The summed E-state index contributed by atoms with van der Waals surface area (Å²) < 4.78 is 0.638. The number of likely N-dealkylation sites (N-methyl/N-ethyl adjacent to an activating group) is 1. The lowest BCUT2D eigenvalue weighted by atomic mass is 10.2. The molecule has 1 amide bonds. The average molecular weight is 415 g/mol. The van der Waals surface area contributed by atoms with Crippen LogP contribution >= 0.6 is 35.7 Å². The van der Waals surface area contributed by atoms with Crippen molar-refractivity contribution in [3.63, 3.8) is 0 Å². The first-order valence-corrected chi connectivity index (χ1v) is 11.0. The number of anilines is 1. The first-order valence-electron chi connectivity index (χ1n) is 8.93. The Morgan fingerprint density at radius 1 is 1.07 bits per heavy atom. The van der Waals surface area contributed by atoms with Gasteiger partial charge in [-0.2, -0.15) is 0 Å². The minimum atomic E-state index is 0.00399. The standard InChI is InChI=1S/C21H22N2OS3/c1-4-7-8-9-15-10-11-16-18(14-15)26-19(22(16)5-2)13-12-17-20(24)23(6-3)21(25)27-17/h4,7-14H,5-6H2,1-3H3. The minimum Gasteiger partial charge on any atom is -0.335 e. The molecule has 27 heavy (non-hydrogen) atoms. The molecule has 2 heterocycles. The SMILES string of the molecule is CC=CC=Cc1ccc2c(c1)SC(=CC=C1SC(=S)N(CC)C1=O)N2CC. The van der Waals surface area contributed by atoms with E-state index >= 15 is 0 Å². The second-order valence-corrected chi connectivity index (χ2v) is 8.65. The fourth-order valence-electron chi connectivity index (χ4n) is 2.89. The van der Waals surface area contributed by atoms with Crippen molar-refractivity contribution in [1.82, 2.24) is 4.90 Å². The highest BCUT2D eigenvalue weighted by Gasteiger charge is 2.30. The number of amides is 1. The van der Waals surface area contributed by atoms with Crippen molar-refractivity contribution in [3.8, 4) is 0 Å². The Morgan fingerprint density at radius 2 is 1.85 bits per heavy atom. The van der Waals surface area contributed by atoms with E-state index in [9.17, 15) is 4.79 Å². The van der Waals surface area contributed by atoms with Crippen LogP contribution in [0, 0.1) is 0 Å². The fourth-order valence-corrected chi connectivity index (χ4v) is 5.39. The van der Waals surface area contributed by atoms with E-state index in [2.05, 4.69) is 36.1 Å². The summed E-state index contributed by atoms with van der Waals surface area (Å²) in [6.45, 7) is 7.58. The van der Waals surface area contributed by atoms with E-state index in [-0.39, 0.29) is 5.91 Å². The Morgan fingerprint density at radius 3 is 2.52 bits per heavy atom. The average Bonchev–Trinajstić information content (AvgIpc) is 3.15. The summed E-state index contributed by atoms with van der Waals surface area (Å²) in [5.41, 5.74) is 2.40. The molecule has 2 aliphatic rings. The van der Waals surface area contributed by atoms with Crippen LogP contribution in [0.2, 0.25) is 0 Å². The molecule has 0 spiro atoms. The van der Waals surface area contributed by atoms with Gasteiger partial charge in [-0.05, 0) is 50.6 Å². The molecular weight excluding hydrogens is 392 g/mol. The molecule has 0 unspecified atom stereocenters. The molecule has 0 aliphatic carbocycles. The predicted molar refractivity (Wildman–Crippen MR) is 123 cm³/mol. The van der Waals surface area contributed by atoms with Crippen LogP contribution in [0.1, 0.15) is 26.3 Å². The Hall–Kier alpha value is -1.76. The van der Waals surface area contributed by atoms with Gasteiger partial charge >= 0.3 is 0 Å². The lowest BCUT2D eigenvalue weighted by Crippen LogP contribution is -2.27. The smallest absolute Gasteiger partial charge is 0.266 e. The molecule has 140 valence electrons. The van der Waals surface area contributed by atoms with Crippen molar-refractivity contribution in [2.45, 2.75) is 25.7 Å². The highest BCUT2D eigenvalue weighted by Crippen LogP contribution is 2.46. The Bertz CT molecular complexity index is 883.